The van der Waals surface area contributed by atoms with E-state index in [1.54, 1.807) is 31.0 Å². The van der Waals surface area contributed by atoms with Crippen LogP contribution in [0.2, 0.25) is 0 Å². The van der Waals surface area contributed by atoms with Gasteiger partial charge in [0.2, 0.25) is 0 Å². The normalized spacial score (nSPS) is 19.1. The minimum absolute atomic E-state index is 0.105. The van der Waals surface area contributed by atoms with Crippen molar-refractivity contribution in [3.63, 3.8) is 0 Å². The summed E-state index contributed by atoms with van der Waals surface area (Å²) in [5.41, 5.74) is 0.516. The van der Waals surface area contributed by atoms with Crippen molar-refractivity contribution in [1.82, 2.24) is 15.1 Å². The van der Waals surface area contributed by atoms with E-state index in [0.717, 1.165) is 11.3 Å². The molecule has 0 bridgehead atoms. The number of carbonyl (C=O) groups excluding carboxylic acids is 1. The van der Waals surface area contributed by atoms with Crippen LogP contribution in [0.4, 0.5) is 0 Å². The minimum Gasteiger partial charge on any atom is -0.480 e. The van der Waals surface area contributed by atoms with E-state index < -0.39 is 11.7 Å². The first-order valence-electron chi connectivity index (χ1n) is 7.19. The first-order valence-corrected chi connectivity index (χ1v) is 7.19. The van der Waals surface area contributed by atoms with Gasteiger partial charge in [-0.1, -0.05) is 18.2 Å². The van der Waals surface area contributed by atoms with Crippen LogP contribution < -0.4 is 10.1 Å². The molecule has 1 aliphatic heterocycles. The maximum absolute atomic E-state index is 12.2. The maximum atomic E-state index is 12.2. The van der Waals surface area contributed by atoms with E-state index in [2.05, 4.69) is 10.4 Å². The Balaban J connectivity index is 1.59. The molecule has 0 aliphatic carbocycles. The Labute approximate surface area is 128 Å². The molecule has 2 atom stereocenters. The second kappa shape index (κ2) is 5.46. The third-order valence-electron chi connectivity index (χ3n) is 3.87. The predicted octanol–water partition coefficient (Wildman–Crippen LogP) is 0.747. The van der Waals surface area contributed by atoms with Gasteiger partial charge in [-0.05, 0) is 18.6 Å². The molecule has 1 aromatic heterocycles. The van der Waals surface area contributed by atoms with Crippen LogP contribution in [0.1, 0.15) is 18.1 Å². The standard InChI is InChI=1S/C16H19N3O3/c1-16(21,12-8-18-19(2)9-12)10-17-15(20)14-7-11-5-3-4-6-13(11)22-14/h3-6,8-9,14,21H,7,10H2,1-2H3,(H,17,20). The zero-order chi connectivity index (χ0) is 15.7. The lowest BCUT2D eigenvalue weighted by Crippen LogP contribution is -2.44. The Hall–Kier alpha value is -2.34. The molecule has 0 fully saturated rings. The summed E-state index contributed by atoms with van der Waals surface area (Å²) in [6.45, 7) is 1.75. The summed E-state index contributed by atoms with van der Waals surface area (Å²) in [6, 6.07) is 7.62. The van der Waals surface area contributed by atoms with Crippen molar-refractivity contribution in [1.29, 1.82) is 0 Å². The number of hydrogen-bond donors (Lipinski definition) is 2. The van der Waals surface area contributed by atoms with Crippen molar-refractivity contribution >= 4 is 5.91 Å². The van der Waals surface area contributed by atoms with Crippen LogP contribution >= 0.6 is 0 Å². The molecule has 6 heteroatoms. The van der Waals surface area contributed by atoms with Gasteiger partial charge in [0, 0.05) is 25.2 Å². The van der Waals surface area contributed by atoms with Crippen molar-refractivity contribution < 1.29 is 14.6 Å². The van der Waals surface area contributed by atoms with Crippen LogP contribution in [0.3, 0.4) is 0 Å². The molecule has 6 nitrogen and oxygen atoms in total. The van der Waals surface area contributed by atoms with Crippen LogP contribution in [0.5, 0.6) is 5.75 Å². The van der Waals surface area contributed by atoms with Crippen LogP contribution in [-0.2, 0) is 23.9 Å². The number of ether oxygens (including phenoxy) is 1. The molecule has 3 rings (SSSR count). The summed E-state index contributed by atoms with van der Waals surface area (Å²) in [4.78, 5) is 12.2. The van der Waals surface area contributed by atoms with Crippen LogP contribution in [0, 0.1) is 0 Å². The van der Waals surface area contributed by atoms with Crippen molar-refractivity contribution in [2.24, 2.45) is 7.05 Å². The smallest absolute Gasteiger partial charge is 0.261 e. The number of carbonyl (C=O) groups is 1. The first-order chi connectivity index (χ1) is 10.5. The maximum Gasteiger partial charge on any atom is 0.261 e. The average molecular weight is 301 g/mol. The molecule has 0 radical (unpaired) electrons. The highest BCUT2D eigenvalue weighted by Gasteiger charge is 2.31. The fraction of sp³-hybridized carbons (Fsp3) is 0.375. The highest BCUT2D eigenvalue weighted by molar-refractivity contribution is 5.82. The van der Waals surface area contributed by atoms with Gasteiger partial charge >= 0.3 is 0 Å². The van der Waals surface area contributed by atoms with Gasteiger partial charge in [-0.15, -0.1) is 0 Å². The predicted molar refractivity (Wildman–Crippen MR) is 80.4 cm³/mol. The Kier molecular flexibility index (Phi) is 3.62. The second-order valence-corrected chi connectivity index (χ2v) is 5.81. The summed E-state index contributed by atoms with van der Waals surface area (Å²) in [5.74, 6) is 0.530. The minimum atomic E-state index is -1.17. The van der Waals surface area contributed by atoms with Gasteiger partial charge < -0.3 is 15.2 Å². The van der Waals surface area contributed by atoms with Crippen LogP contribution in [0.25, 0.3) is 0 Å². The number of amides is 1. The molecule has 2 heterocycles. The molecule has 0 saturated heterocycles. The van der Waals surface area contributed by atoms with Gasteiger partial charge in [0.1, 0.15) is 11.4 Å². The van der Waals surface area contributed by atoms with E-state index >= 15 is 0 Å². The second-order valence-electron chi connectivity index (χ2n) is 5.81. The number of nitrogens with one attached hydrogen (secondary N) is 1. The summed E-state index contributed by atoms with van der Waals surface area (Å²) >= 11 is 0. The number of aryl methyl sites for hydroxylation is 1. The Morgan fingerprint density at radius 3 is 3.00 bits per heavy atom. The number of rotatable bonds is 4. The zero-order valence-corrected chi connectivity index (χ0v) is 12.6. The number of fused-ring (bicyclic) bond motifs is 1. The van der Waals surface area contributed by atoms with Crippen molar-refractivity contribution in [2.75, 3.05) is 6.54 Å². The number of aromatic nitrogens is 2. The zero-order valence-electron chi connectivity index (χ0n) is 12.6. The molecular weight excluding hydrogens is 282 g/mol. The van der Waals surface area contributed by atoms with E-state index in [1.165, 1.54) is 0 Å². The Bertz CT molecular complexity index is 668. The summed E-state index contributed by atoms with van der Waals surface area (Å²) in [7, 11) is 1.78. The number of hydrogen-bond acceptors (Lipinski definition) is 4. The SMILES string of the molecule is Cn1cc(C(C)(O)CNC(=O)C2Cc3ccccc3O2)cn1. The largest absolute Gasteiger partial charge is 0.480 e. The number of aliphatic hydroxyl groups is 1. The first kappa shape index (κ1) is 14.6. The van der Waals surface area contributed by atoms with Gasteiger partial charge in [0.25, 0.3) is 5.91 Å². The molecule has 116 valence electrons. The molecular formula is C16H19N3O3. The summed E-state index contributed by atoms with van der Waals surface area (Å²) < 4.78 is 7.25. The summed E-state index contributed by atoms with van der Waals surface area (Å²) in [6.07, 6.45) is 3.33. The van der Waals surface area contributed by atoms with Gasteiger partial charge in [-0.25, -0.2) is 0 Å². The molecule has 0 saturated carbocycles. The van der Waals surface area contributed by atoms with E-state index in [9.17, 15) is 9.90 Å². The van der Waals surface area contributed by atoms with Crippen molar-refractivity contribution in [3.8, 4) is 5.75 Å². The quantitative estimate of drug-likeness (QED) is 0.873. The Morgan fingerprint density at radius 1 is 1.55 bits per heavy atom. The molecule has 2 aromatic rings. The molecule has 2 N–H and O–H groups in total. The van der Waals surface area contributed by atoms with E-state index in [0.29, 0.717) is 12.0 Å². The van der Waals surface area contributed by atoms with Gasteiger partial charge in [-0.2, -0.15) is 5.10 Å². The number of nitrogens with zero attached hydrogens (tertiary/aromatic N) is 2. The fourth-order valence-electron chi connectivity index (χ4n) is 2.50. The lowest BCUT2D eigenvalue weighted by molar-refractivity contribution is -0.128. The average Bonchev–Trinajstić information content (AvgIpc) is 3.11. The lowest BCUT2D eigenvalue weighted by atomic mass is 9.99. The van der Waals surface area contributed by atoms with Gasteiger partial charge in [0.05, 0.1) is 12.7 Å². The summed E-state index contributed by atoms with van der Waals surface area (Å²) in [5, 5.41) is 17.2. The van der Waals surface area contributed by atoms with Gasteiger partial charge in [-0.3, -0.25) is 9.48 Å². The molecule has 1 aliphatic rings. The number of para-hydroxylation sites is 1. The third kappa shape index (κ3) is 2.82. The third-order valence-corrected chi connectivity index (χ3v) is 3.87. The van der Waals surface area contributed by atoms with E-state index in [4.69, 9.17) is 4.74 Å². The molecule has 1 aromatic carbocycles. The molecule has 2 unspecified atom stereocenters. The van der Waals surface area contributed by atoms with E-state index in [-0.39, 0.29) is 12.5 Å². The lowest BCUT2D eigenvalue weighted by Gasteiger charge is -2.23. The fourth-order valence-corrected chi connectivity index (χ4v) is 2.50. The molecule has 1 amide bonds. The van der Waals surface area contributed by atoms with Crippen LogP contribution in [0.15, 0.2) is 36.7 Å². The highest BCUT2D eigenvalue weighted by atomic mass is 16.5. The monoisotopic (exact) mass is 301 g/mol. The highest BCUT2D eigenvalue weighted by Crippen LogP contribution is 2.28. The molecule has 0 spiro atoms. The topological polar surface area (TPSA) is 76.4 Å². The number of benzene rings is 1. The van der Waals surface area contributed by atoms with Crippen molar-refractivity contribution in [3.05, 3.63) is 47.8 Å². The van der Waals surface area contributed by atoms with Crippen molar-refractivity contribution in [2.45, 2.75) is 25.0 Å². The van der Waals surface area contributed by atoms with Gasteiger partial charge in [0.15, 0.2) is 6.10 Å². The Morgan fingerprint density at radius 2 is 2.32 bits per heavy atom. The molecule has 22 heavy (non-hydrogen) atoms. The van der Waals surface area contributed by atoms with Crippen LogP contribution in [-0.4, -0.2) is 33.4 Å². The van der Waals surface area contributed by atoms with E-state index in [1.807, 2.05) is 24.3 Å².